The number of amides is 1. The van der Waals surface area contributed by atoms with Crippen molar-refractivity contribution in [1.29, 1.82) is 0 Å². The molecule has 3 aliphatic heterocycles. The van der Waals surface area contributed by atoms with Gasteiger partial charge < -0.3 is 9.80 Å². The smallest absolute Gasteiger partial charge is 0.348 e. The minimum absolute atomic E-state index is 0.162. The van der Waals surface area contributed by atoms with Crippen molar-refractivity contribution in [2.75, 3.05) is 35.2 Å². The first-order chi connectivity index (χ1) is 18.1. The Kier molecular flexibility index (Phi) is 5.87. The highest BCUT2D eigenvalue weighted by Crippen LogP contribution is 2.45. The average molecular weight is 559 g/mol. The first kappa shape index (κ1) is 25.1. The van der Waals surface area contributed by atoms with Gasteiger partial charge in [0.2, 0.25) is 5.91 Å². The molecule has 0 saturated carbocycles. The number of hydrogen-bond donors (Lipinski definition) is 0. The maximum absolute atomic E-state index is 14.9. The van der Waals surface area contributed by atoms with Gasteiger partial charge in [0.05, 0.1) is 29.1 Å². The third-order valence-corrected chi connectivity index (χ3v) is 10.3. The van der Waals surface area contributed by atoms with Crippen LogP contribution in [0.3, 0.4) is 0 Å². The number of sulfone groups is 1. The lowest BCUT2D eigenvalue weighted by molar-refractivity contribution is -0.128. The summed E-state index contributed by atoms with van der Waals surface area (Å²) in [7, 11) is -3.43. The number of halogens is 2. The highest BCUT2D eigenvalue weighted by atomic mass is 32.2. The lowest BCUT2D eigenvalue weighted by atomic mass is 9.96. The number of fused-ring (bicyclic) bond motifs is 1. The molecule has 1 aromatic heterocycles. The Balaban J connectivity index is 1.57. The second-order valence-electron chi connectivity index (χ2n) is 9.78. The molecule has 8 nitrogen and oxygen atoms in total. The molecule has 6 rings (SSSR count). The van der Waals surface area contributed by atoms with Crippen LogP contribution in [0.25, 0.3) is 22.0 Å². The van der Waals surface area contributed by atoms with E-state index in [-0.39, 0.29) is 36.1 Å². The lowest BCUT2D eigenvalue weighted by Crippen LogP contribution is -2.61. The van der Waals surface area contributed by atoms with E-state index in [4.69, 9.17) is 0 Å². The minimum atomic E-state index is -3.43. The van der Waals surface area contributed by atoms with Crippen LogP contribution in [0.4, 0.5) is 14.6 Å². The molecule has 4 heterocycles. The Bertz CT molecular complexity index is 1710. The van der Waals surface area contributed by atoms with E-state index < -0.39 is 39.2 Å². The molecule has 0 bridgehead atoms. The van der Waals surface area contributed by atoms with Crippen molar-refractivity contribution >= 4 is 44.2 Å². The normalized spacial score (nSPS) is 22.0. The molecule has 198 valence electrons. The third kappa shape index (κ3) is 3.84. The van der Waals surface area contributed by atoms with Gasteiger partial charge in [0, 0.05) is 52.9 Å². The van der Waals surface area contributed by atoms with Crippen LogP contribution in [-0.2, 0) is 21.2 Å². The van der Waals surface area contributed by atoms with E-state index in [2.05, 4.69) is 11.6 Å². The van der Waals surface area contributed by atoms with Crippen LogP contribution in [0.5, 0.6) is 0 Å². The maximum atomic E-state index is 14.9. The molecule has 38 heavy (non-hydrogen) atoms. The zero-order valence-electron chi connectivity index (χ0n) is 20.5. The van der Waals surface area contributed by atoms with Crippen LogP contribution in [0.1, 0.15) is 5.56 Å². The van der Waals surface area contributed by atoms with Gasteiger partial charge in [-0.2, -0.15) is 4.98 Å². The van der Waals surface area contributed by atoms with Crippen molar-refractivity contribution in [1.82, 2.24) is 14.5 Å². The Morgan fingerprint density at radius 3 is 2.66 bits per heavy atom. The van der Waals surface area contributed by atoms with Gasteiger partial charge >= 0.3 is 5.69 Å². The number of carbonyl (C=O) groups excluding carboxylic acids is 1. The van der Waals surface area contributed by atoms with E-state index in [1.54, 1.807) is 4.57 Å². The number of anilines is 1. The summed E-state index contributed by atoms with van der Waals surface area (Å²) < 4.78 is 55.5. The van der Waals surface area contributed by atoms with Gasteiger partial charge in [-0.05, 0) is 36.8 Å². The van der Waals surface area contributed by atoms with Crippen LogP contribution >= 0.6 is 11.8 Å². The summed E-state index contributed by atoms with van der Waals surface area (Å²) in [6.07, 6.45) is 1.18. The van der Waals surface area contributed by atoms with E-state index >= 15 is 0 Å². The van der Waals surface area contributed by atoms with Crippen molar-refractivity contribution < 1.29 is 22.0 Å². The van der Waals surface area contributed by atoms with Gasteiger partial charge in [-0.3, -0.25) is 9.36 Å². The monoisotopic (exact) mass is 558 g/mol. The number of carbonyl (C=O) groups is 1. The molecule has 0 aliphatic carbocycles. The van der Waals surface area contributed by atoms with Crippen LogP contribution in [-0.4, -0.2) is 71.2 Å². The molecule has 3 aromatic rings. The summed E-state index contributed by atoms with van der Waals surface area (Å²) in [5, 5.41) is 0.655. The second-order valence-corrected chi connectivity index (χ2v) is 13.0. The van der Waals surface area contributed by atoms with Crippen LogP contribution in [0.2, 0.25) is 0 Å². The number of piperazine rings is 1. The summed E-state index contributed by atoms with van der Waals surface area (Å²) >= 11 is 1.49. The molecule has 3 aliphatic rings. The van der Waals surface area contributed by atoms with Gasteiger partial charge in [0.1, 0.15) is 17.5 Å². The Labute approximate surface area is 221 Å². The summed E-state index contributed by atoms with van der Waals surface area (Å²) in [5.41, 5.74) is 1.67. The zero-order valence-corrected chi connectivity index (χ0v) is 22.1. The van der Waals surface area contributed by atoms with Gasteiger partial charge in [0.25, 0.3) is 0 Å². The van der Waals surface area contributed by atoms with Gasteiger partial charge in [0.15, 0.2) is 9.84 Å². The van der Waals surface area contributed by atoms with Crippen LogP contribution in [0, 0.1) is 18.6 Å². The zero-order chi connectivity index (χ0) is 26.9. The molecule has 0 radical (unpaired) electrons. The van der Waals surface area contributed by atoms with Crippen molar-refractivity contribution in [3.05, 3.63) is 64.6 Å². The summed E-state index contributed by atoms with van der Waals surface area (Å²) in [6.45, 7) is 6.33. The fourth-order valence-electron chi connectivity index (χ4n) is 5.96. The van der Waals surface area contributed by atoms with Gasteiger partial charge in [-0.25, -0.2) is 22.0 Å². The lowest BCUT2D eigenvalue weighted by Gasteiger charge is -2.44. The maximum Gasteiger partial charge on any atom is 0.350 e. The van der Waals surface area contributed by atoms with Gasteiger partial charge in [-0.1, -0.05) is 6.58 Å². The summed E-state index contributed by atoms with van der Waals surface area (Å²) in [6, 6.07) is 4.12. The molecule has 2 fully saturated rings. The molecular weight excluding hydrogens is 534 g/mol. The first-order valence-electron chi connectivity index (χ1n) is 12.2. The summed E-state index contributed by atoms with van der Waals surface area (Å²) in [5.74, 6) is -1.10. The van der Waals surface area contributed by atoms with Gasteiger partial charge in [-0.15, -0.1) is 11.8 Å². The number of rotatable bonds is 3. The van der Waals surface area contributed by atoms with E-state index in [0.717, 1.165) is 11.6 Å². The van der Waals surface area contributed by atoms with Crippen LogP contribution < -0.4 is 10.6 Å². The van der Waals surface area contributed by atoms with Crippen molar-refractivity contribution in [2.24, 2.45) is 0 Å². The Hall–Kier alpha value is -3.25. The average Bonchev–Trinajstić information content (AvgIpc) is 3.20. The SMILES string of the molecule is C=CC(=O)N1CCN(c2nc(=O)n3c4c(c(-c5ccc(F)cc5F)c(C)cc24)SCC3)C2CS(=O)(=O)CC21. The number of aromatic nitrogens is 2. The van der Waals surface area contributed by atoms with E-state index in [9.17, 15) is 26.8 Å². The number of thioether (sulfide) groups is 1. The first-order valence-corrected chi connectivity index (χ1v) is 15.0. The molecule has 2 saturated heterocycles. The second kappa shape index (κ2) is 8.91. The molecule has 0 N–H and O–H groups in total. The Morgan fingerprint density at radius 1 is 1.16 bits per heavy atom. The molecule has 0 spiro atoms. The number of benzene rings is 2. The Morgan fingerprint density at radius 2 is 1.92 bits per heavy atom. The number of aryl methyl sites for hydroxylation is 2. The molecular formula is C26H24F2N4O4S2. The fraction of sp³-hybridized carbons (Fsp3) is 0.346. The summed E-state index contributed by atoms with van der Waals surface area (Å²) in [4.78, 5) is 34.3. The highest BCUT2D eigenvalue weighted by molar-refractivity contribution is 7.99. The highest BCUT2D eigenvalue weighted by Gasteiger charge is 2.48. The van der Waals surface area contributed by atoms with E-state index in [1.807, 2.05) is 17.9 Å². The van der Waals surface area contributed by atoms with Crippen molar-refractivity contribution in [2.45, 2.75) is 30.4 Å². The predicted molar refractivity (Wildman–Crippen MR) is 142 cm³/mol. The van der Waals surface area contributed by atoms with Crippen LogP contribution in [0.15, 0.2) is 46.6 Å². The molecule has 2 atom stereocenters. The van der Waals surface area contributed by atoms with Crippen molar-refractivity contribution in [3.63, 3.8) is 0 Å². The van der Waals surface area contributed by atoms with E-state index in [0.29, 0.717) is 39.5 Å². The molecule has 12 heteroatoms. The van der Waals surface area contributed by atoms with Crippen molar-refractivity contribution in [3.8, 4) is 11.1 Å². The number of hydrogen-bond acceptors (Lipinski definition) is 7. The fourth-order valence-corrected chi connectivity index (χ4v) is 9.19. The molecule has 2 unspecified atom stereocenters. The predicted octanol–water partition coefficient (Wildman–Crippen LogP) is 2.76. The quantitative estimate of drug-likeness (QED) is 0.457. The minimum Gasteiger partial charge on any atom is -0.348 e. The molecule has 1 amide bonds. The topological polar surface area (TPSA) is 92.6 Å². The molecule has 2 aromatic carbocycles. The number of nitrogens with zero attached hydrogens (tertiary/aromatic N) is 4. The van der Waals surface area contributed by atoms with E-state index in [1.165, 1.54) is 34.9 Å². The standard InChI is InChI=1S/C26H24F2N4O4S2/c1-3-21(33)30-6-7-31(20-13-38(35,36)12-19(20)30)25-17-10-14(2)22(16-5-4-15(27)11-18(16)28)24-23(17)32(8-9-37-24)26(34)29-25/h3-5,10-11,19-20H,1,6-9,12-13H2,2H3. The largest absolute Gasteiger partial charge is 0.350 e. The third-order valence-electron chi connectivity index (χ3n) is 7.56.